The molecule has 4 nitrogen and oxygen atoms in total. The van der Waals surface area contributed by atoms with Crippen LogP contribution in [0.4, 0.5) is 4.39 Å². The number of carbonyl (C=O) groups is 1. The summed E-state index contributed by atoms with van der Waals surface area (Å²) in [6.07, 6.45) is 4.76. The van der Waals surface area contributed by atoms with Gasteiger partial charge in [0.15, 0.2) is 17.3 Å². The maximum Gasteiger partial charge on any atom is 0.231 e. The highest BCUT2D eigenvalue weighted by Crippen LogP contribution is 2.36. The monoisotopic (exact) mass is 309 g/mol. The van der Waals surface area contributed by atoms with E-state index in [9.17, 15) is 9.18 Å². The van der Waals surface area contributed by atoms with E-state index in [2.05, 4.69) is 4.98 Å². The third-order valence-electron chi connectivity index (χ3n) is 3.75. The summed E-state index contributed by atoms with van der Waals surface area (Å²) >= 11 is 0. The average Bonchev–Trinajstić information content (AvgIpc) is 3.18. The van der Waals surface area contributed by atoms with Gasteiger partial charge >= 0.3 is 0 Å². The number of nitrogens with one attached hydrogen (secondary N) is 1. The summed E-state index contributed by atoms with van der Waals surface area (Å²) in [4.78, 5) is 15.3. The lowest BCUT2D eigenvalue weighted by Gasteiger charge is -2.00. The second-order valence-corrected chi connectivity index (χ2v) is 5.17. The normalized spacial score (nSPS) is 13.1. The van der Waals surface area contributed by atoms with Gasteiger partial charge in [0, 0.05) is 28.2 Å². The molecule has 2 heterocycles. The third-order valence-corrected chi connectivity index (χ3v) is 3.75. The van der Waals surface area contributed by atoms with E-state index >= 15 is 0 Å². The van der Waals surface area contributed by atoms with Crippen LogP contribution in [0, 0.1) is 5.82 Å². The van der Waals surface area contributed by atoms with Gasteiger partial charge in [0.25, 0.3) is 0 Å². The van der Waals surface area contributed by atoms with Gasteiger partial charge in [0.05, 0.1) is 0 Å². The summed E-state index contributed by atoms with van der Waals surface area (Å²) in [5.74, 6) is 0.796. The fraction of sp³-hybridized carbons (Fsp3) is 0.0556. The Bertz CT molecular complexity index is 943. The van der Waals surface area contributed by atoms with Crippen LogP contribution in [0.5, 0.6) is 11.5 Å². The Morgan fingerprint density at radius 2 is 2.13 bits per heavy atom. The molecule has 0 amide bonds. The number of hydrogen-bond donors (Lipinski definition) is 1. The zero-order valence-electron chi connectivity index (χ0n) is 12.0. The molecular formula is C18H12FNO3. The van der Waals surface area contributed by atoms with Gasteiger partial charge in [0.2, 0.25) is 6.79 Å². The van der Waals surface area contributed by atoms with Crippen LogP contribution in [-0.2, 0) is 0 Å². The summed E-state index contributed by atoms with van der Waals surface area (Å²) in [5.41, 5.74) is 1.87. The van der Waals surface area contributed by atoms with Gasteiger partial charge in [-0.2, -0.15) is 0 Å². The molecule has 0 atom stereocenters. The van der Waals surface area contributed by atoms with Gasteiger partial charge in [-0.3, -0.25) is 4.79 Å². The molecule has 0 bridgehead atoms. The Balaban J connectivity index is 1.66. The molecule has 0 aliphatic carbocycles. The number of halogens is 1. The fourth-order valence-electron chi connectivity index (χ4n) is 2.64. The molecule has 1 aliphatic heterocycles. The molecule has 0 radical (unpaired) electrons. The summed E-state index contributed by atoms with van der Waals surface area (Å²) in [6.45, 7) is 0.183. The van der Waals surface area contributed by atoms with Crippen molar-refractivity contribution in [1.29, 1.82) is 0 Å². The van der Waals surface area contributed by atoms with Gasteiger partial charge in [0.1, 0.15) is 5.82 Å². The number of carbonyl (C=O) groups excluding carboxylic acids is 1. The van der Waals surface area contributed by atoms with Crippen LogP contribution in [0.1, 0.15) is 15.9 Å². The SMILES string of the molecule is O=C(/C=C/c1cccc2c1OCO2)c1c[nH]c2cc(F)ccc12. The van der Waals surface area contributed by atoms with Gasteiger partial charge in [-0.25, -0.2) is 4.39 Å². The van der Waals surface area contributed by atoms with Crippen molar-refractivity contribution in [2.75, 3.05) is 6.79 Å². The van der Waals surface area contributed by atoms with Crippen LogP contribution in [0.2, 0.25) is 0 Å². The number of H-pyrrole nitrogens is 1. The van der Waals surface area contributed by atoms with E-state index in [1.54, 1.807) is 18.3 Å². The van der Waals surface area contributed by atoms with Gasteiger partial charge in [-0.15, -0.1) is 0 Å². The van der Waals surface area contributed by atoms with Crippen LogP contribution >= 0.6 is 0 Å². The smallest absolute Gasteiger partial charge is 0.231 e. The molecular weight excluding hydrogens is 297 g/mol. The van der Waals surface area contributed by atoms with Crippen molar-refractivity contribution in [3.63, 3.8) is 0 Å². The van der Waals surface area contributed by atoms with Crippen molar-refractivity contribution in [2.45, 2.75) is 0 Å². The molecule has 0 spiro atoms. The minimum Gasteiger partial charge on any atom is -0.454 e. The summed E-state index contributed by atoms with van der Waals surface area (Å²) in [7, 11) is 0. The molecule has 2 aromatic carbocycles. The number of aromatic amines is 1. The van der Waals surface area contributed by atoms with Crippen molar-refractivity contribution < 1.29 is 18.7 Å². The van der Waals surface area contributed by atoms with Crippen molar-refractivity contribution in [3.05, 3.63) is 65.6 Å². The lowest BCUT2D eigenvalue weighted by molar-refractivity contribution is 0.104. The third kappa shape index (κ3) is 2.36. The van der Waals surface area contributed by atoms with Crippen molar-refractivity contribution in [1.82, 2.24) is 4.98 Å². The van der Waals surface area contributed by atoms with Gasteiger partial charge < -0.3 is 14.5 Å². The zero-order chi connectivity index (χ0) is 15.8. The molecule has 3 aromatic rings. The molecule has 0 unspecified atom stereocenters. The predicted octanol–water partition coefficient (Wildman–Crippen LogP) is 3.93. The number of ketones is 1. The summed E-state index contributed by atoms with van der Waals surface area (Å²) in [6, 6.07) is 9.81. The first kappa shape index (κ1) is 13.6. The first-order chi connectivity index (χ1) is 11.2. The molecule has 0 saturated carbocycles. The van der Waals surface area contributed by atoms with E-state index in [-0.39, 0.29) is 18.4 Å². The van der Waals surface area contributed by atoms with E-state index in [4.69, 9.17) is 9.47 Å². The maximum absolute atomic E-state index is 13.2. The van der Waals surface area contributed by atoms with Crippen LogP contribution in [0.25, 0.3) is 17.0 Å². The minimum absolute atomic E-state index is 0.167. The van der Waals surface area contributed by atoms with E-state index in [1.165, 1.54) is 18.2 Å². The lowest BCUT2D eigenvalue weighted by atomic mass is 10.1. The van der Waals surface area contributed by atoms with E-state index in [0.29, 0.717) is 28.0 Å². The summed E-state index contributed by atoms with van der Waals surface area (Å²) < 4.78 is 23.9. The number of benzene rings is 2. The number of ether oxygens (including phenoxy) is 2. The predicted molar refractivity (Wildman–Crippen MR) is 84.2 cm³/mol. The topological polar surface area (TPSA) is 51.3 Å². The highest BCUT2D eigenvalue weighted by Gasteiger charge is 2.16. The molecule has 1 N–H and O–H groups in total. The van der Waals surface area contributed by atoms with Crippen LogP contribution in [0.15, 0.2) is 48.7 Å². The maximum atomic E-state index is 13.2. The number of allylic oxidation sites excluding steroid dienone is 1. The first-order valence-corrected chi connectivity index (χ1v) is 7.10. The Labute approximate surface area is 131 Å². The molecule has 114 valence electrons. The highest BCUT2D eigenvalue weighted by atomic mass is 19.1. The number of aromatic nitrogens is 1. The quantitative estimate of drug-likeness (QED) is 0.589. The van der Waals surface area contributed by atoms with E-state index < -0.39 is 0 Å². The molecule has 1 aromatic heterocycles. The standard InChI is InChI=1S/C18H12FNO3/c19-12-5-6-13-14(9-20-15(13)8-12)16(21)7-4-11-2-1-3-17-18(11)23-10-22-17/h1-9,20H,10H2/b7-4+. The molecule has 1 aliphatic rings. The molecule has 0 fully saturated rings. The Morgan fingerprint density at radius 3 is 3.04 bits per heavy atom. The number of fused-ring (bicyclic) bond motifs is 2. The van der Waals surface area contributed by atoms with E-state index in [0.717, 1.165) is 5.56 Å². The average molecular weight is 309 g/mol. The molecule has 5 heteroatoms. The molecule has 23 heavy (non-hydrogen) atoms. The Hall–Kier alpha value is -3.08. The zero-order valence-corrected chi connectivity index (χ0v) is 12.0. The highest BCUT2D eigenvalue weighted by molar-refractivity contribution is 6.14. The number of hydrogen-bond acceptors (Lipinski definition) is 3. The number of para-hydroxylation sites is 1. The van der Waals surface area contributed by atoms with Crippen molar-refractivity contribution >= 4 is 22.8 Å². The number of rotatable bonds is 3. The Kier molecular flexibility index (Phi) is 3.12. The van der Waals surface area contributed by atoms with Gasteiger partial charge in [-0.05, 0) is 36.4 Å². The lowest BCUT2D eigenvalue weighted by Crippen LogP contribution is -1.94. The van der Waals surface area contributed by atoms with Crippen LogP contribution in [0.3, 0.4) is 0 Å². The van der Waals surface area contributed by atoms with Crippen LogP contribution in [-0.4, -0.2) is 17.6 Å². The van der Waals surface area contributed by atoms with Gasteiger partial charge in [-0.1, -0.05) is 12.1 Å². The van der Waals surface area contributed by atoms with Crippen LogP contribution < -0.4 is 9.47 Å². The summed E-state index contributed by atoms with van der Waals surface area (Å²) in [5, 5.41) is 0.693. The van der Waals surface area contributed by atoms with E-state index in [1.807, 2.05) is 18.2 Å². The second-order valence-electron chi connectivity index (χ2n) is 5.17. The first-order valence-electron chi connectivity index (χ1n) is 7.10. The molecule has 4 rings (SSSR count). The van der Waals surface area contributed by atoms with Crippen molar-refractivity contribution in [3.8, 4) is 11.5 Å². The minimum atomic E-state index is -0.342. The molecule has 0 saturated heterocycles. The second kappa shape index (κ2) is 5.28. The fourth-order valence-corrected chi connectivity index (χ4v) is 2.64. The Morgan fingerprint density at radius 1 is 1.22 bits per heavy atom. The van der Waals surface area contributed by atoms with Crippen molar-refractivity contribution in [2.24, 2.45) is 0 Å². The largest absolute Gasteiger partial charge is 0.454 e.